The van der Waals surface area contributed by atoms with Gasteiger partial charge in [0.05, 0.1) is 13.7 Å². The highest BCUT2D eigenvalue weighted by Crippen LogP contribution is 2.19. The van der Waals surface area contributed by atoms with E-state index in [0.717, 1.165) is 5.56 Å². The van der Waals surface area contributed by atoms with Gasteiger partial charge in [-0.1, -0.05) is 23.7 Å². The van der Waals surface area contributed by atoms with E-state index in [1.165, 1.54) is 7.11 Å². The second-order valence-electron chi connectivity index (χ2n) is 4.93. The summed E-state index contributed by atoms with van der Waals surface area (Å²) in [5, 5.41) is 5.81. The Morgan fingerprint density at radius 3 is 2.65 bits per heavy atom. The summed E-state index contributed by atoms with van der Waals surface area (Å²) in [6.45, 7) is 1.74. The molecule has 0 spiro atoms. The predicted octanol–water partition coefficient (Wildman–Crippen LogP) is 3.03. The van der Waals surface area contributed by atoms with Crippen molar-refractivity contribution in [1.29, 1.82) is 0 Å². The minimum atomic E-state index is -0.346. The minimum absolute atomic E-state index is 0.137. The Balaban J connectivity index is 1.90. The minimum Gasteiger partial charge on any atom is -0.497 e. The molecule has 2 rings (SSSR count). The highest BCUT2D eigenvalue weighted by atomic mass is 35.5. The lowest BCUT2D eigenvalue weighted by Gasteiger charge is -2.09. The quantitative estimate of drug-likeness (QED) is 0.884. The molecule has 0 aromatic heterocycles. The second kappa shape index (κ2) is 7.65. The maximum absolute atomic E-state index is 12.0. The molecule has 120 valence electrons. The molecule has 5 nitrogen and oxygen atoms in total. The zero-order valence-electron chi connectivity index (χ0n) is 12.9. The molecule has 6 heteroatoms. The van der Waals surface area contributed by atoms with Crippen LogP contribution in [0.3, 0.4) is 0 Å². The first-order valence-electron chi connectivity index (χ1n) is 6.98. The second-order valence-corrected chi connectivity index (χ2v) is 5.33. The van der Waals surface area contributed by atoms with Gasteiger partial charge in [-0.25, -0.2) is 0 Å². The molecular weight excluding hydrogens is 316 g/mol. The number of carbonyl (C=O) groups excluding carboxylic acids is 2. The smallest absolute Gasteiger partial charge is 0.251 e. The van der Waals surface area contributed by atoms with E-state index in [9.17, 15) is 9.59 Å². The highest BCUT2D eigenvalue weighted by molar-refractivity contribution is 6.31. The maximum Gasteiger partial charge on any atom is 0.251 e. The van der Waals surface area contributed by atoms with E-state index in [-0.39, 0.29) is 18.4 Å². The van der Waals surface area contributed by atoms with Gasteiger partial charge in [-0.15, -0.1) is 0 Å². The number of ether oxygens (including phenoxy) is 1. The van der Waals surface area contributed by atoms with Gasteiger partial charge in [0.25, 0.3) is 5.91 Å². The van der Waals surface area contributed by atoms with E-state index in [4.69, 9.17) is 16.3 Å². The van der Waals surface area contributed by atoms with E-state index in [0.29, 0.717) is 22.0 Å². The van der Waals surface area contributed by atoms with Gasteiger partial charge >= 0.3 is 0 Å². The van der Waals surface area contributed by atoms with Crippen molar-refractivity contribution in [2.24, 2.45) is 0 Å². The number of anilines is 1. The summed E-state index contributed by atoms with van der Waals surface area (Å²) in [5.74, 6) is -0.0986. The lowest BCUT2D eigenvalue weighted by Crippen LogP contribution is -2.32. The number of methoxy groups -OCH3 is 1. The van der Waals surface area contributed by atoms with E-state index in [2.05, 4.69) is 10.6 Å². The van der Waals surface area contributed by atoms with Crippen molar-refractivity contribution in [2.45, 2.75) is 6.92 Å². The van der Waals surface area contributed by atoms with Crippen molar-refractivity contribution >= 4 is 29.1 Å². The Morgan fingerprint density at radius 1 is 1.17 bits per heavy atom. The first-order valence-corrected chi connectivity index (χ1v) is 7.35. The first-order chi connectivity index (χ1) is 11.0. The largest absolute Gasteiger partial charge is 0.497 e. The lowest BCUT2D eigenvalue weighted by molar-refractivity contribution is -0.115. The number of aryl methyl sites for hydroxylation is 1. The van der Waals surface area contributed by atoms with Crippen molar-refractivity contribution < 1.29 is 14.3 Å². The summed E-state index contributed by atoms with van der Waals surface area (Å²) in [7, 11) is 1.52. The molecule has 0 unspecified atom stereocenters. The number of hydrogen-bond acceptors (Lipinski definition) is 3. The summed E-state index contributed by atoms with van der Waals surface area (Å²) in [4.78, 5) is 23.9. The summed E-state index contributed by atoms with van der Waals surface area (Å²) in [5.41, 5.74) is 1.94. The molecule has 0 saturated carbocycles. The van der Waals surface area contributed by atoms with Crippen LogP contribution in [0.15, 0.2) is 42.5 Å². The summed E-state index contributed by atoms with van der Waals surface area (Å²) >= 11 is 6.00. The molecule has 0 bridgehead atoms. The van der Waals surface area contributed by atoms with Gasteiger partial charge in [-0.3, -0.25) is 9.59 Å². The average Bonchev–Trinajstić information content (AvgIpc) is 2.56. The molecule has 2 aromatic rings. The molecule has 0 fully saturated rings. The number of hydrogen-bond donors (Lipinski definition) is 2. The van der Waals surface area contributed by atoms with Crippen molar-refractivity contribution in [3.63, 3.8) is 0 Å². The van der Waals surface area contributed by atoms with Crippen LogP contribution in [0, 0.1) is 6.92 Å². The summed E-state index contributed by atoms with van der Waals surface area (Å²) in [6, 6.07) is 11.9. The molecular formula is C17H17ClN2O3. The zero-order chi connectivity index (χ0) is 16.8. The van der Waals surface area contributed by atoms with Crippen LogP contribution in [0.5, 0.6) is 5.75 Å². The molecule has 2 aromatic carbocycles. The molecule has 0 aliphatic heterocycles. The Hall–Kier alpha value is -2.53. The van der Waals surface area contributed by atoms with Crippen molar-refractivity contribution in [1.82, 2.24) is 5.32 Å². The molecule has 0 heterocycles. The van der Waals surface area contributed by atoms with Gasteiger partial charge in [0.1, 0.15) is 5.75 Å². The molecule has 2 N–H and O–H groups in total. The molecule has 0 aliphatic rings. The normalized spacial score (nSPS) is 10.0. The summed E-state index contributed by atoms with van der Waals surface area (Å²) in [6.07, 6.45) is 0. The van der Waals surface area contributed by atoms with Gasteiger partial charge in [0.2, 0.25) is 5.91 Å². The molecule has 0 saturated heterocycles. The van der Waals surface area contributed by atoms with Crippen molar-refractivity contribution in [2.75, 3.05) is 19.0 Å². The van der Waals surface area contributed by atoms with Gasteiger partial charge in [0.15, 0.2) is 0 Å². The van der Waals surface area contributed by atoms with Crippen LogP contribution >= 0.6 is 11.6 Å². The van der Waals surface area contributed by atoms with Gasteiger partial charge < -0.3 is 15.4 Å². The third-order valence-electron chi connectivity index (χ3n) is 3.20. The third-order valence-corrected chi connectivity index (χ3v) is 3.60. The zero-order valence-corrected chi connectivity index (χ0v) is 13.6. The number of benzene rings is 2. The highest BCUT2D eigenvalue weighted by Gasteiger charge is 2.09. The number of amides is 2. The van der Waals surface area contributed by atoms with Crippen LogP contribution in [-0.2, 0) is 4.79 Å². The van der Waals surface area contributed by atoms with E-state index in [1.807, 2.05) is 13.0 Å². The molecule has 0 aliphatic carbocycles. The Labute approximate surface area is 139 Å². The molecule has 0 atom stereocenters. The predicted molar refractivity (Wildman–Crippen MR) is 90.1 cm³/mol. The fraction of sp³-hybridized carbons (Fsp3) is 0.176. The Kier molecular flexibility index (Phi) is 5.60. The number of halogens is 1. The third kappa shape index (κ3) is 4.72. The molecule has 2 amide bonds. The van der Waals surface area contributed by atoms with Gasteiger partial charge in [-0.05, 0) is 42.8 Å². The van der Waals surface area contributed by atoms with Crippen molar-refractivity contribution in [3.05, 3.63) is 58.6 Å². The number of carbonyl (C=O) groups is 2. The fourth-order valence-corrected chi connectivity index (χ4v) is 2.08. The number of nitrogens with one attached hydrogen (secondary N) is 2. The number of rotatable bonds is 5. The Morgan fingerprint density at radius 2 is 1.96 bits per heavy atom. The fourth-order valence-electron chi connectivity index (χ4n) is 1.90. The van der Waals surface area contributed by atoms with Crippen LogP contribution in [0.2, 0.25) is 5.02 Å². The standard InChI is InChI=1S/C17H17ClN2O3/c1-11-6-7-13(9-15(11)18)20-16(21)10-19-17(22)12-4-3-5-14(8-12)23-2/h3-9H,10H2,1-2H3,(H,19,22)(H,20,21). The van der Waals surface area contributed by atoms with Gasteiger partial charge in [0, 0.05) is 16.3 Å². The van der Waals surface area contributed by atoms with Crippen molar-refractivity contribution in [3.8, 4) is 5.75 Å². The van der Waals surface area contributed by atoms with Crippen LogP contribution in [0.4, 0.5) is 5.69 Å². The van der Waals surface area contributed by atoms with Gasteiger partial charge in [-0.2, -0.15) is 0 Å². The van der Waals surface area contributed by atoms with Crippen LogP contribution in [0.25, 0.3) is 0 Å². The summed E-state index contributed by atoms with van der Waals surface area (Å²) < 4.78 is 5.06. The topological polar surface area (TPSA) is 67.4 Å². The Bertz CT molecular complexity index is 732. The lowest BCUT2D eigenvalue weighted by atomic mass is 10.2. The van der Waals surface area contributed by atoms with Crippen LogP contribution in [-0.4, -0.2) is 25.5 Å². The SMILES string of the molecule is COc1cccc(C(=O)NCC(=O)Nc2ccc(C)c(Cl)c2)c1. The monoisotopic (exact) mass is 332 g/mol. The van der Waals surface area contributed by atoms with E-state index < -0.39 is 0 Å². The molecule has 0 radical (unpaired) electrons. The average molecular weight is 333 g/mol. The van der Waals surface area contributed by atoms with E-state index in [1.54, 1.807) is 36.4 Å². The van der Waals surface area contributed by atoms with Crippen LogP contribution < -0.4 is 15.4 Å². The van der Waals surface area contributed by atoms with E-state index >= 15 is 0 Å². The first kappa shape index (κ1) is 16.8. The van der Waals surface area contributed by atoms with Crippen LogP contribution in [0.1, 0.15) is 15.9 Å². The molecule has 23 heavy (non-hydrogen) atoms. The maximum atomic E-state index is 12.0.